The highest BCUT2D eigenvalue weighted by Crippen LogP contribution is 2.28. The van der Waals surface area contributed by atoms with E-state index in [0.717, 1.165) is 18.5 Å². The van der Waals surface area contributed by atoms with Crippen LogP contribution in [0.25, 0.3) is 0 Å². The lowest BCUT2D eigenvalue weighted by molar-refractivity contribution is 0.378. The van der Waals surface area contributed by atoms with E-state index in [1.165, 1.54) is 43.6 Å². The van der Waals surface area contributed by atoms with Crippen LogP contribution in [0.15, 0.2) is 18.3 Å². The highest BCUT2D eigenvalue weighted by atomic mass is 15.2. The quantitative estimate of drug-likeness (QED) is 0.901. The van der Waals surface area contributed by atoms with E-state index >= 15 is 0 Å². The zero-order valence-corrected chi connectivity index (χ0v) is 12.1. The molecule has 1 aliphatic carbocycles. The summed E-state index contributed by atoms with van der Waals surface area (Å²) in [5.41, 5.74) is 2.53. The number of nitrogens with one attached hydrogen (secondary N) is 1. The van der Waals surface area contributed by atoms with Crippen molar-refractivity contribution in [3.8, 4) is 0 Å². The van der Waals surface area contributed by atoms with Crippen LogP contribution >= 0.6 is 0 Å². The molecule has 1 saturated heterocycles. The summed E-state index contributed by atoms with van der Waals surface area (Å²) in [7, 11) is 0. The molecule has 1 aromatic rings. The summed E-state index contributed by atoms with van der Waals surface area (Å²) in [6.45, 7) is 6.81. The molecular weight excluding hydrogens is 234 g/mol. The molecule has 2 heterocycles. The predicted molar refractivity (Wildman–Crippen MR) is 79.3 cm³/mol. The molecule has 104 valence electrons. The van der Waals surface area contributed by atoms with Crippen molar-refractivity contribution >= 4 is 5.69 Å². The van der Waals surface area contributed by atoms with Gasteiger partial charge in [0, 0.05) is 37.1 Å². The molecule has 1 saturated carbocycles. The molecule has 2 atom stereocenters. The lowest BCUT2D eigenvalue weighted by Crippen LogP contribution is -2.40. The van der Waals surface area contributed by atoms with Crippen molar-refractivity contribution in [3.63, 3.8) is 0 Å². The molecule has 3 nitrogen and oxygen atoms in total. The Balaban J connectivity index is 1.67. The molecule has 0 amide bonds. The average Bonchev–Trinajstić information content (AvgIpc) is 3.21. The first-order valence-electron chi connectivity index (χ1n) is 7.67. The molecule has 0 bridgehead atoms. The standard InChI is InChI=1S/C16H25N3/c1-12-6-8-19(13(2)9-12)16-5-7-17-15(10-16)11-18-14-3-4-14/h5,7,10,12-14,18H,3-4,6,8-9,11H2,1-2H3. The number of rotatable bonds is 4. The van der Waals surface area contributed by atoms with Crippen molar-refractivity contribution in [1.29, 1.82) is 0 Å². The van der Waals surface area contributed by atoms with Crippen LogP contribution in [-0.4, -0.2) is 23.6 Å². The van der Waals surface area contributed by atoms with Crippen molar-refractivity contribution in [2.45, 2.75) is 58.2 Å². The van der Waals surface area contributed by atoms with Gasteiger partial charge in [-0.2, -0.15) is 0 Å². The van der Waals surface area contributed by atoms with Crippen molar-refractivity contribution in [1.82, 2.24) is 10.3 Å². The van der Waals surface area contributed by atoms with Gasteiger partial charge < -0.3 is 10.2 Å². The number of anilines is 1. The van der Waals surface area contributed by atoms with Crippen molar-refractivity contribution in [2.24, 2.45) is 5.92 Å². The van der Waals surface area contributed by atoms with Crippen molar-refractivity contribution in [2.75, 3.05) is 11.4 Å². The van der Waals surface area contributed by atoms with E-state index in [2.05, 4.69) is 41.2 Å². The molecule has 2 unspecified atom stereocenters. The van der Waals surface area contributed by atoms with Gasteiger partial charge in [-0.1, -0.05) is 6.92 Å². The minimum atomic E-state index is 0.649. The summed E-state index contributed by atoms with van der Waals surface area (Å²) in [5, 5.41) is 3.54. The van der Waals surface area contributed by atoms with Gasteiger partial charge in [0.25, 0.3) is 0 Å². The van der Waals surface area contributed by atoms with Gasteiger partial charge in [0.05, 0.1) is 5.69 Å². The summed E-state index contributed by atoms with van der Waals surface area (Å²) >= 11 is 0. The Hall–Kier alpha value is -1.09. The summed E-state index contributed by atoms with van der Waals surface area (Å²) in [4.78, 5) is 7.03. The minimum Gasteiger partial charge on any atom is -0.369 e. The Morgan fingerprint density at radius 1 is 1.32 bits per heavy atom. The van der Waals surface area contributed by atoms with Gasteiger partial charge in [-0.3, -0.25) is 4.98 Å². The second-order valence-electron chi connectivity index (χ2n) is 6.33. The molecule has 3 heteroatoms. The second-order valence-corrected chi connectivity index (χ2v) is 6.33. The molecule has 19 heavy (non-hydrogen) atoms. The van der Waals surface area contributed by atoms with E-state index in [0.29, 0.717) is 6.04 Å². The molecule has 1 N–H and O–H groups in total. The molecule has 2 aliphatic rings. The van der Waals surface area contributed by atoms with Gasteiger partial charge in [0.15, 0.2) is 0 Å². The van der Waals surface area contributed by atoms with E-state index in [1.807, 2.05) is 6.20 Å². The third kappa shape index (κ3) is 3.27. The smallest absolute Gasteiger partial charge is 0.0562 e. The fraction of sp³-hybridized carbons (Fsp3) is 0.688. The highest BCUT2D eigenvalue weighted by molar-refractivity contribution is 5.48. The Morgan fingerprint density at radius 2 is 2.16 bits per heavy atom. The molecule has 0 radical (unpaired) electrons. The fourth-order valence-corrected chi connectivity index (χ4v) is 3.07. The first-order valence-corrected chi connectivity index (χ1v) is 7.67. The Labute approximate surface area is 116 Å². The minimum absolute atomic E-state index is 0.649. The lowest BCUT2D eigenvalue weighted by Gasteiger charge is -2.38. The number of pyridine rings is 1. The molecule has 2 fully saturated rings. The first kappa shape index (κ1) is 12.9. The van der Waals surface area contributed by atoms with Gasteiger partial charge in [-0.05, 0) is 50.7 Å². The van der Waals surface area contributed by atoms with Crippen LogP contribution in [0.1, 0.15) is 45.2 Å². The van der Waals surface area contributed by atoms with E-state index in [9.17, 15) is 0 Å². The van der Waals surface area contributed by atoms with Gasteiger partial charge in [0.2, 0.25) is 0 Å². The average molecular weight is 259 g/mol. The maximum Gasteiger partial charge on any atom is 0.0562 e. The Bertz CT molecular complexity index is 428. The number of hydrogen-bond acceptors (Lipinski definition) is 3. The molecule has 0 spiro atoms. The number of aromatic nitrogens is 1. The van der Waals surface area contributed by atoms with Gasteiger partial charge >= 0.3 is 0 Å². The highest BCUT2D eigenvalue weighted by Gasteiger charge is 2.23. The summed E-state index contributed by atoms with van der Waals surface area (Å²) in [6.07, 6.45) is 7.24. The third-order valence-corrected chi connectivity index (χ3v) is 4.42. The van der Waals surface area contributed by atoms with Crippen LogP contribution in [0.5, 0.6) is 0 Å². The monoisotopic (exact) mass is 259 g/mol. The molecule has 1 aromatic heterocycles. The maximum atomic E-state index is 4.48. The van der Waals surface area contributed by atoms with Crippen LogP contribution in [0.2, 0.25) is 0 Å². The largest absolute Gasteiger partial charge is 0.369 e. The number of piperidine rings is 1. The van der Waals surface area contributed by atoms with Crippen LogP contribution in [0.4, 0.5) is 5.69 Å². The Kier molecular flexibility index (Phi) is 3.74. The summed E-state index contributed by atoms with van der Waals surface area (Å²) < 4.78 is 0. The Morgan fingerprint density at radius 3 is 2.89 bits per heavy atom. The first-order chi connectivity index (χ1) is 9.22. The molecule has 3 rings (SSSR count). The van der Waals surface area contributed by atoms with Gasteiger partial charge in [-0.15, -0.1) is 0 Å². The topological polar surface area (TPSA) is 28.2 Å². The third-order valence-electron chi connectivity index (χ3n) is 4.42. The van der Waals surface area contributed by atoms with Gasteiger partial charge in [-0.25, -0.2) is 0 Å². The van der Waals surface area contributed by atoms with E-state index in [1.54, 1.807) is 0 Å². The zero-order chi connectivity index (χ0) is 13.2. The predicted octanol–water partition coefficient (Wildman–Crippen LogP) is 2.96. The maximum absolute atomic E-state index is 4.48. The van der Waals surface area contributed by atoms with Crippen molar-refractivity contribution < 1.29 is 0 Å². The SMILES string of the molecule is CC1CCN(c2ccnc(CNC3CC3)c2)C(C)C1. The van der Waals surface area contributed by atoms with Crippen LogP contribution in [0, 0.1) is 5.92 Å². The number of hydrogen-bond donors (Lipinski definition) is 1. The van der Waals surface area contributed by atoms with Crippen LogP contribution in [0.3, 0.4) is 0 Å². The lowest BCUT2D eigenvalue weighted by atomic mass is 9.93. The van der Waals surface area contributed by atoms with E-state index in [-0.39, 0.29) is 0 Å². The normalized spacial score (nSPS) is 27.6. The van der Waals surface area contributed by atoms with E-state index < -0.39 is 0 Å². The molecule has 1 aliphatic heterocycles. The van der Waals surface area contributed by atoms with Crippen LogP contribution in [-0.2, 0) is 6.54 Å². The molecular formula is C16H25N3. The molecule has 0 aromatic carbocycles. The number of nitrogens with zero attached hydrogens (tertiary/aromatic N) is 2. The van der Waals surface area contributed by atoms with Crippen molar-refractivity contribution in [3.05, 3.63) is 24.0 Å². The summed E-state index contributed by atoms with van der Waals surface area (Å²) in [6, 6.07) is 5.82. The second kappa shape index (κ2) is 5.49. The fourth-order valence-electron chi connectivity index (χ4n) is 3.07. The van der Waals surface area contributed by atoms with Gasteiger partial charge in [0.1, 0.15) is 0 Å². The zero-order valence-electron chi connectivity index (χ0n) is 12.1. The van der Waals surface area contributed by atoms with Crippen LogP contribution < -0.4 is 10.2 Å². The summed E-state index contributed by atoms with van der Waals surface area (Å²) in [5.74, 6) is 0.865. The van der Waals surface area contributed by atoms with E-state index in [4.69, 9.17) is 0 Å².